The topological polar surface area (TPSA) is 46.5 Å². The minimum atomic E-state index is -0.317. The molecule has 1 aromatic rings. The van der Waals surface area contributed by atoms with Crippen molar-refractivity contribution >= 4 is 5.78 Å². The first-order chi connectivity index (χ1) is 6.19. The van der Waals surface area contributed by atoms with Gasteiger partial charge in [-0.1, -0.05) is 6.07 Å². The fourth-order valence-electron chi connectivity index (χ4n) is 1.08. The van der Waals surface area contributed by atoms with Crippen LogP contribution in [0.4, 0.5) is 0 Å². The van der Waals surface area contributed by atoms with Crippen LogP contribution in [0.25, 0.3) is 0 Å². The van der Waals surface area contributed by atoms with Crippen molar-refractivity contribution in [2.24, 2.45) is 0 Å². The van der Waals surface area contributed by atoms with Gasteiger partial charge in [0, 0.05) is 12.5 Å². The van der Waals surface area contributed by atoms with E-state index in [0.717, 1.165) is 0 Å². The van der Waals surface area contributed by atoms with Gasteiger partial charge in [0.2, 0.25) is 0 Å². The molecular formula is C10H11O3. The van der Waals surface area contributed by atoms with Crippen LogP contribution in [0.5, 0.6) is 5.75 Å². The smallest absolute Gasteiger partial charge is 0.163 e. The second-order valence-electron chi connectivity index (χ2n) is 2.60. The Morgan fingerprint density at radius 2 is 2.31 bits per heavy atom. The van der Waals surface area contributed by atoms with Gasteiger partial charge < -0.3 is 9.84 Å². The molecule has 0 spiro atoms. The Bertz CT molecular complexity index is 318. The molecule has 0 saturated heterocycles. The van der Waals surface area contributed by atoms with Crippen molar-refractivity contribution in [3.05, 3.63) is 36.2 Å². The molecule has 1 N–H and O–H groups in total. The number of hydrogen-bond acceptors (Lipinski definition) is 3. The number of aliphatic hydroxyl groups is 1. The van der Waals surface area contributed by atoms with E-state index in [0.29, 0.717) is 16.9 Å². The Kier molecular flexibility index (Phi) is 3.03. The summed E-state index contributed by atoms with van der Waals surface area (Å²) >= 11 is 0. The summed E-state index contributed by atoms with van der Waals surface area (Å²) in [6, 6.07) is 4.91. The molecule has 3 nitrogen and oxygen atoms in total. The number of ether oxygens (including phenoxy) is 1. The Hall–Kier alpha value is -1.35. The molecule has 1 aromatic carbocycles. The van der Waals surface area contributed by atoms with E-state index < -0.39 is 0 Å². The molecule has 1 radical (unpaired) electrons. The van der Waals surface area contributed by atoms with E-state index in [-0.39, 0.29) is 12.4 Å². The van der Waals surface area contributed by atoms with Gasteiger partial charge in [0.15, 0.2) is 5.78 Å². The SMILES string of the molecule is [CH2]C(=O)c1cc(OC)ccc1CO. The van der Waals surface area contributed by atoms with Gasteiger partial charge >= 0.3 is 0 Å². The second kappa shape index (κ2) is 4.05. The van der Waals surface area contributed by atoms with E-state index in [1.807, 2.05) is 0 Å². The lowest BCUT2D eigenvalue weighted by Gasteiger charge is -2.06. The summed E-state index contributed by atoms with van der Waals surface area (Å²) in [5, 5.41) is 8.91. The van der Waals surface area contributed by atoms with Crippen molar-refractivity contribution < 1.29 is 14.6 Å². The predicted molar refractivity (Wildman–Crippen MR) is 48.6 cm³/mol. The van der Waals surface area contributed by atoms with Gasteiger partial charge in [-0.2, -0.15) is 0 Å². The van der Waals surface area contributed by atoms with Gasteiger partial charge in [-0.3, -0.25) is 4.79 Å². The van der Waals surface area contributed by atoms with Gasteiger partial charge in [0.25, 0.3) is 0 Å². The maximum absolute atomic E-state index is 11.0. The molecule has 0 bridgehead atoms. The summed E-state index contributed by atoms with van der Waals surface area (Å²) in [4.78, 5) is 11.0. The highest BCUT2D eigenvalue weighted by atomic mass is 16.5. The molecule has 0 aliphatic carbocycles. The second-order valence-corrected chi connectivity index (χ2v) is 2.60. The van der Waals surface area contributed by atoms with Crippen LogP contribution in [0.3, 0.4) is 0 Å². The maximum Gasteiger partial charge on any atom is 0.163 e. The van der Waals surface area contributed by atoms with E-state index in [4.69, 9.17) is 9.84 Å². The van der Waals surface area contributed by atoms with E-state index >= 15 is 0 Å². The molecule has 1 rings (SSSR count). The number of methoxy groups -OCH3 is 1. The first-order valence-corrected chi connectivity index (χ1v) is 3.83. The van der Waals surface area contributed by atoms with Crippen LogP contribution >= 0.6 is 0 Å². The first-order valence-electron chi connectivity index (χ1n) is 3.83. The highest BCUT2D eigenvalue weighted by Gasteiger charge is 2.07. The van der Waals surface area contributed by atoms with Crippen LogP contribution in [0.1, 0.15) is 15.9 Å². The molecule has 69 valence electrons. The van der Waals surface area contributed by atoms with Crippen LogP contribution in [0.15, 0.2) is 18.2 Å². The summed E-state index contributed by atoms with van der Waals surface area (Å²) in [5.74, 6) is 0.271. The van der Waals surface area contributed by atoms with Gasteiger partial charge in [0.05, 0.1) is 13.7 Å². The molecule has 0 fully saturated rings. The van der Waals surface area contributed by atoms with Crippen LogP contribution in [0.2, 0.25) is 0 Å². The maximum atomic E-state index is 11.0. The summed E-state index contributed by atoms with van der Waals surface area (Å²) in [5.41, 5.74) is 0.975. The Morgan fingerprint density at radius 1 is 1.62 bits per heavy atom. The molecular weight excluding hydrogens is 168 g/mol. The lowest BCUT2D eigenvalue weighted by Crippen LogP contribution is -2.00. The van der Waals surface area contributed by atoms with Crippen molar-refractivity contribution in [2.75, 3.05) is 7.11 Å². The molecule has 0 saturated carbocycles. The molecule has 0 aromatic heterocycles. The average molecular weight is 179 g/mol. The molecule has 0 aliphatic heterocycles. The zero-order chi connectivity index (χ0) is 9.84. The Labute approximate surface area is 77.0 Å². The Morgan fingerprint density at radius 3 is 2.77 bits per heavy atom. The number of Topliss-reactive ketones (excluding diaryl/α,β-unsaturated/α-hetero) is 1. The molecule has 0 atom stereocenters. The highest BCUT2D eigenvalue weighted by Crippen LogP contribution is 2.17. The van der Waals surface area contributed by atoms with Crippen molar-refractivity contribution in [1.29, 1.82) is 0 Å². The third-order valence-electron chi connectivity index (χ3n) is 1.79. The van der Waals surface area contributed by atoms with Gasteiger partial charge in [0.1, 0.15) is 5.75 Å². The minimum Gasteiger partial charge on any atom is -0.497 e. The first kappa shape index (κ1) is 9.74. The number of ketones is 1. The number of rotatable bonds is 3. The number of carbonyl (C=O) groups is 1. The quantitative estimate of drug-likeness (QED) is 0.709. The Balaban J connectivity index is 3.18. The minimum absolute atomic E-state index is 0.166. The molecule has 0 unspecified atom stereocenters. The summed E-state index contributed by atoms with van der Waals surface area (Å²) in [6.07, 6.45) is 0. The fraction of sp³-hybridized carbons (Fsp3) is 0.200. The largest absolute Gasteiger partial charge is 0.497 e. The lowest BCUT2D eigenvalue weighted by molar-refractivity contribution is 0.104. The van der Waals surface area contributed by atoms with Crippen molar-refractivity contribution in [3.63, 3.8) is 0 Å². The molecule has 0 aliphatic rings. The third-order valence-corrected chi connectivity index (χ3v) is 1.79. The van der Waals surface area contributed by atoms with E-state index in [1.54, 1.807) is 18.2 Å². The molecule has 13 heavy (non-hydrogen) atoms. The van der Waals surface area contributed by atoms with Gasteiger partial charge in [-0.15, -0.1) is 0 Å². The molecule has 0 amide bonds. The van der Waals surface area contributed by atoms with E-state index in [1.165, 1.54) is 7.11 Å². The molecule has 0 heterocycles. The third kappa shape index (κ3) is 2.06. The monoisotopic (exact) mass is 179 g/mol. The van der Waals surface area contributed by atoms with Crippen LogP contribution in [0, 0.1) is 6.92 Å². The number of aliphatic hydroxyl groups excluding tert-OH is 1. The summed E-state index contributed by atoms with van der Waals surface area (Å²) in [6.45, 7) is 3.12. The highest BCUT2D eigenvalue weighted by molar-refractivity contribution is 6.00. The number of benzene rings is 1. The fourth-order valence-corrected chi connectivity index (χ4v) is 1.08. The number of hydrogen-bond donors (Lipinski definition) is 1. The zero-order valence-electron chi connectivity index (χ0n) is 7.41. The zero-order valence-corrected chi connectivity index (χ0v) is 7.41. The lowest BCUT2D eigenvalue weighted by atomic mass is 10.0. The average Bonchev–Trinajstić information content (AvgIpc) is 2.16. The van der Waals surface area contributed by atoms with Gasteiger partial charge in [-0.05, 0) is 17.7 Å². The van der Waals surface area contributed by atoms with Crippen LogP contribution in [-0.4, -0.2) is 18.0 Å². The van der Waals surface area contributed by atoms with Gasteiger partial charge in [-0.25, -0.2) is 0 Å². The summed E-state index contributed by atoms with van der Waals surface area (Å²) < 4.78 is 4.94. The van der Waals surface area contributed by atoms with Crippen molar-refractivity contribution in [2.45, 2.75) is 6.61 Å². The number of carbonyl (C=O) groups excluding carboxylic acids is 1. The predicted octanol–water partition coefficient (Wildman–Crippen LogP) is 1.20. The standard InChI is InChI=1S/C10H11O3/c1-7(12)10-5-9(13-2)4-3-8(10)6-11/h3-5,11H,1,6H2,2H3. The van der Waals surface area contributed by atoms with Crippen molar-refractivity contribution in [3.8, 4) is 5.75 Å². The van der Waals surface area contributed by atoms with E-state index in [9.17, 15) is 4.79 Å². The van der Waals surface area contributed by atoms with Crippen LogP contribution < -0.4 is 4.74 Å². The van der Waals surface area contributed by atoms with E-state index in [2.05, 4.69) is 6.92 Å². The molecule has 3 heteroatoms. The summed E-state index contributed by atoms with van der Waals surface area (Å²) in [7, 11) is 1.52. The normalized spacial score (nSPS) is 9.77. The van der Waals surface area contributed by atoms with Crippen LogP contribution in [-0.2, 0) is 6.61 Å². The van der Waals surface area contributed by atoms with Crippen molar-refractivity contribution in [1.82, 2.24) is 0 Å².